The molecular formula is C11H17N3O4. The lowest BCUT2D eigenvalue weighted by atomic mass is 9.80. The lowest BCUT2D eigenvalue weighted by Crippen LogP contribution is -2.42. The largest absolute Gasteiger partial charge is 0.481 e. The minimum atomic E-state index is -1.15. The van der Waals surface area contributed by atoms with Crippen LogP contribution in [0.2, 0.25) is 0 Å². The third-order valence-corrected chi connectivity index (χ3v) is 2.37. The number of aryl methyl sites for hydroxylation is 1. The van der Waals surface area contributed by atoms with Gasteiger partial charge in [-0.2, -0.15) is 4.98 Å². The van der Waals surface area contributed by atoms with Crippen LogP contribution >= 0.6 is 0 Å². The van der Waals surface area contributed by atoms with Gasteiger partial charge in [0.15, 0.2) is 5.82 Å². The van der Waals surface area contributed by atoms with E-state index in [2.05, 4.69) is 15.5 Å². The van der Waals surface area contributed by atoms with Crippen LogP contribution in [0.15, 0.2) is 4.52 Å². The van der Waals surface area contributed by atoms with Gasteiger partial charge in [-0.1, -0.05) is 25.9 Å². The Labute approximate surface area is 105 Å². The number of amides is 1. The summed E-state index contributed by atoms with van der Waals surface area (Å²) < 4.78 is 4.74. The third-order valence-electron chi connectivity index (χ3n) is 2.37. The molecule has 1 amide bonds. The molecule has 1 unspecified atom stereocenters. The molecule has 18 heavy (non-hydrogen) atoms. The van der Waals surface area contributed by atoms with Gasteiger partial charge in [-0.3, -0.25) is 9.59 Å². The predicted octanol–water partition coefficient (Wildman–Crippen LogP) is 0.741. The van der Waals surface area contributed by atoms with E-state index in [-0.39, 0.29) is 6.54 Å². The quantitative estimate of drug-likeness (QED) is 0.769. The van der Waals surface area contributed by atoms with E-state index in [0.717, 1.165) is 0 Å². The summed E-state index contributed by atoms with van der Waals surface area (Å²) in [5.41, 5.74) is -0.664. The minimum Gasteiger partial charge on any atom is -0.481 e. The van der Waals surface area contributed by atoms with Crippen molar-refractivity contribution in [1.82, 2.24) is 15.5 Å². The lowest BCUT2D eigenvalue weighted by Gasteiger charge is -2.25. The molecule has 7 heteroatoms. The maximum Gasteiger partial charge on any atom is 0.316 e. The fourth-order valence-corrected chi connectivity index (χ4v) is 1.56. The molecule has 0 saturated heterocycles. The van der Waals surface area contributed by atoms with Crippen molar-refractivity contribution in [2.45, 2.75) is 34.2 Å². The van der Waals surface area contributed by atoms with Gasteiger partial charge in [0.25, 0.3) is 0 Å². The fraction of sp³-hybridized carbons (Fsp3) is 0.636. The highest BCUT2D eigenvalue weighted by atomic mass is 16.5. The number of nitrogens with zero attached hydrogens (tertiary/aromatic N) is 2. The fourth-order valence-electron chi connectivity index (χ4n) is 1.56. The molecule has 2 N–H and O–H groups in total. The molecule has 0 spiro atoms. The summed E-state index contributed by atoms with van der Waals surface area (Å²) in [6.07, 6.45) is 0. The molecule has 7 nitrogen and oxygen atoms in total. The first-order valence-corrected chi connectivity index (χ1v) is 5.51. The smallest absolute Gasteiger partial charge is 0.316 e. The summed E-state index contributed by atoms with van der Waals surface area (Å²) in [5.74, 6) is -2.11. The van der Waals surface area contributed by atoms with Crippen molar-refractivity contribution in [1.29, 1.82) is 0 Å². The van der Waals surface area contributed by atoms with Gasteiger partial charge in [0.2, 0.25) is 11.8 Å². The van der Waals surface area contributed by atoms with Crippen LogP contribution in [0.4, 0.5) is 0 Å². The van der Waals surface area contributed by atoms with Crippen LogP contribution in [-0.4, -0.2) is 27.1 Å². The van der Waals surface area contributed by atoms with Crippen LogP contribution < -0.4 is 5.32 Å². The van der Waals surface area contributed by atoms with Crippen molar-refractivity contribution in [2.24, 2.45) is 11.3 Å². The van der Waals surface area contributed by atoms with Crippen molar-refractivity contribution in [2.75, 3.05) is 0 Å². The molecular weight excluding hydrogens is 238 g/mol. The number of carbonyl (C=O) groups is 2. The molecule has 0 saturated carbocycles. The maximum atomic E-state index is 11.8. The highest BCUT2D eigenvalue weighted by molar-refractivity contribution is 5.97. The highest BCUT2D eigenvalue weighted by Gasteiger charge is 2.37. The molecule has 0 aliphatic rings. The summed E-state index contributed by atoms with van der Waals surface area (Å²) in [7, 11) is 0. The van der Waals surface area contributed by atoms with E-state index in [1.807, 2.05) is 0 Å². The van der Waals surface area contributed by atoms with Gasteiger partial charge in [0, 0.05) is 6.92 Å². The molecule has 0 fully saturated rings. The van der Waals surface area contributed by atoms with E-state index in [0.29, 0.717) is 11.7 Å². The van der Waals surface area contributed by atoms with Crippen LogP contribution in [0.25, 0.3) is 0 Å². The van der Waals surface area contributed by atoms with Crippen LogP contribution in [-0.2, 0) is 16.1 Å². The van der Waals surface area contributed by atoms with Crippen molar-refractivity contribution in [3.63, 3.8) is 0 Å². The maximum absolute atomic E-state index is 11.8. The molecule has 1 aromatic heterocycles. The zero-order chi connectivity index (χ0) is 13.9. The van der Waals surface area contributed by atoms with Gasteiger partial charge >= 0.3 is 5.97 Å². The Morgan fingerprint density at radius 2 is 2.06 bits per heavy atom. The summed E-state index contributed by atoms with van der Waals surface area (Å²) in [6.45, 7) is 6.78. The van der Waals surface area contributed by atoms with E-state index in [9.17, 15) is 9.59 Å². The van der Waals surface area contributed by atoms with E-state index >= 15 is 0 Å². The van der Waals surface area contributed by atoms with Gasteiger partial charge < -0.3 is 14.9 Å². The second kappa shape index (κ2) is 5.16. The summed E-state index contributed by atoms with van der Waals surface area (Å²) in [5, 5.41) is 15.2. The average molecular weight is 255 g/mol. The van der Waals surface area contributed by atoms with Gasteiger partial charge in [0.05, 0.1) is 6.54 Å². The molecule has 0 aliphatic carbocycles. The summed E-state index contributed by atoms with van der Waals surface area (Å²) in [6, 6.07) is 0. The molecule has 1 aromatic rings. The van der Waals surface area contributed by atoms with Crippen LogP contribution in [0.1, 0.15) is 32.5 Å². The van der Waals surface area contributed by atoms with Gasteiger partial charge in [-0.15, -0.1) is 0 Å². The lowest BCUT2D eigenvalue weighted by molar-refractivity contribution is -0.151. The van der Waals surface area contributed by atoms with Gasteiger partial charge in [-0.25, -0.2) is 0 Å². The molecule has 0 aromatic carbocycles. The molecule has 0 aliphatic heterocycles. The number of rotatable bonds is 4. The number of hydrogen-bond donors (Lipinski definition) is 2. The molecule has 1 rings (SSSR count). The molecule has 0 bridgehead atoms. The van der Waals surface area contributed by atoms with Gasteiger partial charge in [-0.05, 0) is 5.41 Å². The van der Waals surface area contributed by atoms with E-state index in [4.69, 9.17) is 9.63 Å². The molecule has 100 valence electrons. The highest BCUT2D eigenvalue weighted by Crippen LogP contribution is 2.26. The Kier molecular flexibility index (Phi) is 4.05. The third kappa shape index (κ3) is 3.54. The average Bonchev–Trinajstić information content (AvgIpc) is 2.58. The number of carboxylic acids is 1. The second-order valence-electron chi connectivity index (χ2n) is 5.08. The van der Waals surface area contributed by atoms with Crippen LogP contribution in [0, 0.1) is 18.3 Å². The topological polar surface area (TPSA) is 105 Å². The van der Waals surface area contributed by atoms with Crippen molar-refractivity contribution in [3.05, 3.63) is 11.7 Å². The molecule has 1 atom stereocenters. The van der Waals surface area contributed by atoms with Crippen LogP contribution in [0.3, 0.4) is 0 Å². The van der Waals surface area contributed by atoms with Crippen molar-refractivity contribution >= 4 is 11.9 Å². The first kappa shape index (κ1) is 14.1. The Balaban J connectivity index is 2.66. The Morgan fingerprint density at radius 3 is 2.44 bits per heavy atom. The van der Waals surface area contributed by atoms with E-state index < -0.39 is 23.2 Å². The van der Waals surface area contributed by atoms with E-state index in [1.54, 1.807) is 27.7 Å². The standard InChI is InChI=1S/C11H17N3O4/c1-6-13-7(14-18-6)5-12-9(15)8(10(16)17)11(2,3)4/h8H,5H2,1-4H3,(H,12,15)(H,16,17). The monoisotopic (exact) mass is 255 g/mol. The van der Waals surface area contributed by atoms with Crippen LogP contribution in [0.5, 0.6) is 0 Å². The Hall–Kier alpha value is -1.92. The minimum absolute atomic E-state index is 0.0516. The number of carboxylic acid groups (broad SMARTS) is 1. The summed E-state index contributed by atoms with van der Waals surface area (Å²) >= 11 is 0. The Bertz CT molecular complexity index is 447. The normalized spacial score (nSPS) is 13.1. The van der Waals surface area contributed by atoms with Gasteiger partial charge in [0.1, 0.15) is 5.92 Å². The number of carbonyl (C=O) groups excluding carboxylic acids is 1. The zero-order valence-corrected chi connectivity index (χ0v) is 10.9. The van der Waals surface area contributed by atoms with Crippen molar-refractivity contribution < 1.29 is 19.2 Å². The second-order valence-corrected chi connectivity index (χ2v) is 5.08. The van der Waals surface area contributed by atoms with Crippen molar-refractivity contribution in [3.8, 4) is 0 Å². The molecule has 1 heterocycles. The SMILES string of the molecule is Cc1nc(CNC(=O)C(C(=O)O)C(C)(C)C)no1. The number of hydrogen-bond acceptors (Lipinski definition) is 5. The number of aromatic nitrogens is 2. The summed E-state index contributed by atoms with van der Waals surface area (Å²) in [4.78, 5) is 26.8. The first-order chi connectivity index (χ1) is 8.21. The van der Waals surface area contributed by atoms with E-state index in [1.165, 1.54) is 0 Å². The zero-order valence-electron chi connectivity index (χ0n) is 10.9. The molecule has 0 radical (unpaired) electrons. The predicted molar refractivity (Wildman–Crippen MR) is 61.5 cm³/mol. The first-order valence-electron chi connectivity index (χ1n) is 5.51. The number of aliphatic carboxylic acids is 1. The number of nitrogens with one attached hydrogen (secondary N) is 1. The Morgan fingerprint density at radius 1 is 1.44 bits per heavy atom.